The van der Waals surface area contributed by atoms with Crippen LogP contribution in [-0.2, 0) is 9.59 Å². The SMILES string of the molecule is CCC(CC)CN(CCNC(C)=O)C(C)C(=O)O. The van der Waals surface area contributed by atoms with E-state index in [4.69, 9.17) is 5.11 Å². The first kappa shape index (κ1) is 16.9. The van der Waals surface area contributed by atoms with E-state index in [1.807, 2.05) is 4.90 Å². The van der Waals surface area contributed by atoms with Gasteiger partial charge in [-0.2, -0.15) is 0 Å². The van der Waals surface area contributed by atoms with Crippen LogP contribution in [0.15, 0.2) is 0 Å². The number of hydrogen-bond acceptors (Lipinski definition) is 3. The molecule has 18 heavy (non-hydrogen) atoms. The van der Waals surface area contributed by atoms with Gasteiger partial charge in [0.2, 0.25) is 5.91 Å². The van der Waals surface area contributed by atoms with E-state index in [-0.39, 0.29) is 5.91 Å². The highest BCUT2D eigenvalue weighted by atomic mass is 16.4. The Balaban J connectivity index is 4.41. The van der Waals surface area contributed by atoms with Crippen LogP contribution < -0.4 is 5.32 Å². The van der Waals surface area contributed by atoms with E-state index >= 15 is 0 Å². The molecule has 0 aromatic rings. The fourth-order valence-corrected chi connectivity index (χ4v) is 1.85. The number of hydrogen-bond donors (Lipinski definition) is 2. The zero-order valence-electron chi connectivity index (χ0n) is 11.9. The number of aliphatic carboxylic acids is 1. The number of carbonyl (C=O) groups is 2. The Morgan fingerprint density at radius 1 is 1.28 bits per heavy atom. The van der Waals surface area contributed by atoms with Gasteiger partial charge in [0.25, 0.3) is 0 Å². The summed E-state index contributed by atoms with van der Waals surface area (Å²) in [5.74, 6) is -0.395. The van der Waals surface area contributed by atoms with Gasteiger partial charge in [-0.05, 0) is 12.8 Å². The molecular weight excluding hydrogens is 232 g/mol. The average molecular weight is 258 g/mol. The highest BCUT2D eigenvalue weighted by Crippen LogP contribution is 2.12. The molecule has 0 aromatic heterocycles. The highest BCUT2D eigenvalue weighted by Gasteiger charge is 2.22. The average Bonchev–Trinajstić information content (AvgIpc) is 2.32. The Hall–Kier alpha value is -1.10. The molecule has 1 amide bonds. The third-order valence-electron chi connectivity index (χ3n) is 3.33. The van der Waals surface area contributed by atoms with Gasteiger partial charge in [-0.1, -0.05) is 26.7 Å². The number of rotatable bonds is 9. The molecule has 0 spiro atoms. The zero-order valence-corrected chi connectivity index (χ0v) is 11.9. The summed E-state index contributed by atoms with van der Waals surface area (Å²) in [6.07, 6.45) is 2.08. The third-order valence-corrected chi connectivity index (χ3v) is 3.33. The summed E-state index contributed by atoms with van der Waals surface area (Å²) in [6, 6.07) is -0.514. The van der Waals surface area contributed by atoms with Crippen molar-refractivity contribution >= 4 is 11.9 Å². The van der Waals surface area contributed by atoms with Crippen LogP contribution in [0.4, 0.5) is 0 Å². The summed E-state index contributed by atoms with van der Waals surface area (Å²) in [4.78, 5) is 23.8. The van der Waals surface area contributed by atoms with E-state index in [1.165, 1.54) is 6.92 Å². The fourth-order valence-electron chi connectivity index (χ4n) is 1.85. The maximum Gasteiger partial charge on any atom is 0.320 e. The molecule has 0 aliphatic heterocycles. The molecule has 0 radical (unpaired) electrons. The van der Waals surface area contributed by atoms with Crippen molar-refractivity contribution in [2.24, 2.45) is 5.92 Å². The van der Waals surface area contributed by atoms with Crippen molar-refractivity contribution in [1.82, 2.24) is 10.2 Å². The molecule has 0 aliphatic carbocycles. The van der Waals surface area contributed by atoms with E-state index in [1.54, 1.807) is 6.92 Å². The predicted molar refractivity (Wildman–Crippen MR) is 71.4 cm³/mol. The summed E-state index contributed by atoms with van der Waals surface area (Å²) in [5, 5.41) is 11.8. The molecule has 1 atom stereocenters. The fraction of sp³-hybridized carbons (Fsp3) is 0.846. The van der Waals surface area contributed by atoms with Gasteiger partial charge in [0.1, 0.15) is 6.04 Å². The van der Waals surface area contributed by atoms with Crippen LogP contribution in [-0.4, -0.2) is 47.6 Å². The lowest BCUT2D eigenvalue weighted by Crippen LogP contribution is -2.45. The van der Waals surface area contributed by atoms with Crippen LogP contribution in [0.3, 0.4) is 0 Å². The molecule has 0 aromatic carbocycles. The Morgan fingerprint density at radius 3 is 2.22 bits per heavy atom. The minimum absolute atomic E-state index is 0.0829. The second-order valence-corrected chi connectivity index (χ2v) is 4.67. The molecule has 5 heteroatoms. The van der Waals surface area contributed by atoms with Gasteiger partial charge in [0.05, 0.1) is 0 Å². The molecular formula is C13H26N2O3. The molecule has 0 saturated heterocycles. The van der Waals surface area contributed by atoms with Crippen molar-refractivity contribution in [2.45, 2.75) is 46.6 Å². The molecule has 0 aliphatic rings. The van der Waals surface area contributed by atoms with Crippen LogP contribution in [0.25, 0.3) is 0 Å². The molecule has 0 saturated carbocycles. The minimum atomic E-state index is -0.816. The largest absolute Gasteiger partial charge is 0.480 e. The van der Waals surface area contributed by atoms with Crippen molar-refractivity contribution in [2.75, 3.05) is 19.6 Å². The smallest absolute Gasteiger partial charge is 0.320 e. The number of carboxylic acids is 1. The summed E-state index contributed by atoms with van der Waals surface area (Å²) < 4.78 is 0. The molecule has 5 nitrogen and oxygen atoms in total. The van der Waals surface area contributed by atoms with Crippen LogP contribution >= 0.6 is 0 Å². The first-order chi connectivity index (χ1) is 8.42. The van der Waals surface area contributed by atoms with E-state index in [2.05, 4.69) is 19.2 Å². The van der Waals surface area contributed by atoms with Crippen molar-refractivity contribution in [3.8, 4) is 0 Å². The van der Waals surface area contributed by atoms with Crippen molar-refractivity contribution in [3.63, 3.8) is 0 Å². The van der Waals surface area contributed by atoms with Crippen molar-refractivity contribution in [1.29, 1.82) is 0 Å². The highest BCUT2D eigenvalue weighted by molar-refractivity contribution is 5.73. The number of amides is 1. The number of nitrogens with one attached hydrogen (secondary N) is 1. The summed E-state index contributed by atoms with van der Waals surface area (Å²) in [6.45, 7) is 9.22. The van der Waals surface area contributed by atoms with Crippen LogP contribution in [0.2, 0.25) is 0 Å². The van der Waals surface area contributed by atoms with E-state index in [0.717, 1.165) is 19.4 Å². The van der Waals surface area contributed by atoms with Crippen LogP contribution in [0.5, 0.6) is 0 Å². The first-order valence-corrected chi connectivity index (χ1v) is 6.63. The van der Waals surface area contributed by atoms with Crippen molar-refractivity contribution < 1.29 is 14.7 Å². The normalized spacial score (nSPS) is 12.8. The van der Waals surface area contributed by atoms with Crippen LogP contribution in [0, 0.1) is 5.92 Å². The summed E-state index contributed by atoms with van der Waals surface area (Å²) >= 11 is 0. The topological polar surface area (TPSA) is 69.6 Å². The minimum Gasteiger partial charge on any atom is -0.480 e. The quantitative estimate of drug-likeness (QED) is 0.654. The summed E-state index contributed by atoms with van der Waals surface area (Å²) in [5.41, 5.74) is 0. The lowest BCUT2D eigenvalue weighted by atomic mass is 10.0. The molecule has 0 rings (SSSR count). The second kappa shape index (κ2) is 8.91. The van der Waals surface area contributed by atoms with E-state index in [9.17, 15) is 9.59 Å². The lowest BCUT2D eigenvalue weighted by molar-refractivity contribution is -0.142. The van der Waals surface area contributed by atoms with Gasteiger partial charge in [-0.3, -0.25) is 14.5 Å². The molecule has 1 unspecified atom stereocenters. The molecule has 0 fully saturated rings. The van der Waals surface area contributed by atoms with Gasteiger partial charge in [0.15, 0.2) is 0 Å². The Labute approximate surface area is 110 Å². The summed E-state index contributed by atoms with van der Waals surface area (Å²) in [7, 11) is 0. The molecule has 0 bridgehead atoms. The lowest BCUT2D eigenvalue weighted by Gasteiger charge is -2.29. The van der Waals surface area contributed by atoms with E-state index < -0.39 is 12.0 Å². The number of carbonyl (C=O) groups excluding carboxylic acids is 1. The maximum absolute atomic E-state index is 11.1. The monoisotopic (exact) mass is 258 g/mol. The molecule has 0 heterocycles. The second-order valence-electron chi connectivity index (χ2n) is 4.67. The van der Waals surface area contributed by atoms with Crippen molar-refractivity contribution in [3.05, 3.63) is 0 Å². The molecule has 106 valence electrons. The molecule has 2 N–H and O–H groups in total. The van der Waals surface area contributed by atoms with E-state index in [0.29, 0.717) is 19.0 Å². The Morgan fingerprint density at radius 2 is 1.83 bits per heavy atom. The first-order valence-electron chi connectivity index (χ1n) is 6.63. The maximum atomic E-state index is 11.1. The Kier molecular flexibility index (Phi) is 8.37. The standard InChI is InChI=1S/C13H26N2O3/c1-5-12(6-2)9-15(10(3)13(17)18)8-7-14-11(4)16/h10,12H,5-9H2,1-4H3,(H,14,16)(H,17,18). The zero-order chi connectivity index (χ0) is 14.1. The number of carboxylic acid groups (broad SMARTS) is 1. The number of nitrogens with zero attached hydrogens (tertiary/aromatic N) is 1. The third kappa shape index (κ3) is 6.59. The van der Waals surface area contributed by atoms with Gasteiger partial charge < -0.3 is 10.4 Å². The van der Waals surface area contributed by atoms with Gasteiger partial charge >= 0.3 is 5.97 Å². The van der Waals surface area contributed by atoms with Gasteiger partial charge in [0, 0.05) is 26.6 Å². The van der Waals surface area contributed by atoms with Crippen LogP contribution in [0.1, 0.15) is 40.5 Å². The Bertz CT molecular complexity index is 265. The van der Waals surface area contributed by atoms with Gasteiger partial charge in [-0.25, -0.2) is 0 Å². The predicted octanol–water partition coefficient (Wildman–Crippen LogP) is 1.33. The van der Waals surface area contributed by atoms with Gasteiger partial charge in [-0.15, -0.1) is 0 Å².